The third-order valence-corrected chi connectivity index (χ3v) is 9.08. The van der Waals surface area contributed by atoms with Crippen LogP contribution in [0.5, 0.6) is 0 Å². The van der Waals surface area contributed by atoms with Gasteiger partial charge in [0.15, 0.2) is 6.29 Å². The number of carbonyl (C=O) groups is 2. The third kappa shape index (κ3) is 9.92. The van der Waals surface area contributed by atoms with E-state index >= 15 is 0 Å². The largest absolute Gasteiger partial charge is 0.392 e. The Morgan fingerprint density at radius 1 is 0.915 bits per heavy atom. The van der Waals surface area contributed by atoms with E-state index in [1.54, 1.807) is 10.2 Å². The van der Waals surface area contributed by atoms with Gasteiger partial charge in [-0.05, 0) is 63.2 Å². The fraction of sp³-hybridized carbons (Fsp3) is 0.382. The second kappa shape index (κ2) is 17.1. The molecule has 2 amide bonds. The average molecular weight is 661 g/mol. The molecule has 0 spiro atoms. The van der Waals surface area contributed by atoms with Crippen LogP contribution < -0.4 is 10.8 Å². The summed E-state index contributed by atoms with van der Waals surface area (Å²) in [6.45, 7) is 0.392. The van der Waals surface area contributed by atoms with Crippen LogP contribution in [0.2, 0.25) is 0 Å². The SMILES string of the molecule is Cn1nnnc1SCC1CC(c2ccc(CO)cc2)OC(c2cccc(-c3cccc(CNC(=O)CCCCCC(=O)NO)c3)c2)O1. The molecule has 0 bridgehead atoms. The Labute approximate surface area is 277 Å². The van der Waals surface area contributed by atoms with Crippen molar-refractivity contribution >= 4 is 23.6 Å². The molecule has 3 aromatic carbocycles. The van der Waals surface area contributed by atoms with Gasteiger partial charge in [0.1, 0.15) is 0 Å². The van der Waals surface area contributed by atoms with Gasteiger partial charge in [0, 0.05) is 44.2 Å². The van der Waals surface area contributed by atoms with Crippen molar-refractivity contribution in [2.45, 2.75) is 75.3 Å². The minimum Gasteiger partial charge on any atom is -0.392 e. The van der Waals surface area contributed by atoms with E-state index in [2.05, 4.69) is 33.0 Å². The number of amides is 2. The summed E-state index contributed by atoms with van der Waals surface area (Å²) >= 11 is 1.54. The fourth-order valence-electron chi connectivity index (χ4n) is 5.35. The van der Waals surface area contributed by atoms with Gasteiger partial charge < -0.3 is 19.9 Å². The number of nitrogens with zero attached hydrogens (tertiary/aromatic N) is 4. The number of ether oxygens (including phenoxy) is 2. The van der Waals surface area contributed by atoms with Gasteiger partial charge in [0.2, 0.25) is 17.0 Å². The van der Waals surface area contributed by atoms with Gasteiger partial charge in [0.05, 0.1) is 18.8 Å². The van der Waals surface area contributed by atoms with E-state index in [1.165, 1.54) is 11.8 Å². The summed E-state index contributed by atoms with van der Waals surface area (Å²) in [7, 11) is 1.81. The van der Waals surface area contributed by atoms with E-state index in [1.807, 2.05) is 67.7 Å². The lowest BCUT2D eigenvalue weighted by atomic mass is 9.99. The van der Waals surface area contributed by atoms with Crippen LogP contribution >= 0.6 is 11.8 Å². The maximum atomic E-state index is 12.4. The first kappa shape index (κ1) is 34.2. The summed E-state index contributed by atoms with van der Waals surface area (Å²) in [5, 5.41) is 33.5. The topological polar surface area (TPSA) is 161 Å². The molecule has 4 N–H and O–H groups in total. The zero-order chi connectivity index (χ0) is 33.0. The lowest BCUT2D eigenvalue weighted by molar-refractivity contribution is -0.245. The van der Waals surface area contributed by atoms with Crippen molar-refractivity contribution in [3.05, 3.63) is 95.1 Å². The molecule has 13 heteroatoms. The number of hydroxylamine groups is 1. The first-order chi connectivity index (χ1) is 22.9. The molecular formula is C34H40N6O6S. The Bertz CT molecular complexity index is 1620. The molecular weight excluding hydrogens is 620 g/mol. The van der Waals surface area contributed by atoms with Crippen LogP contribution in [0, 0.1) is 0 Å². The molecule has 12 nitrogen and oxygen atoms in total. The maximum Gasteiger partial charge on any atom is 0.243 e. The van der Waals surface area contributed by atoms with Crippen molar-refractivity contribution in [2.24, 2.45) is 7.05 Å². The predicted octanol–water partition coefficient (Wildman–Crippen LogP) is 4.78. The van der Waals surface area contributed by atoms with Crippen molar-refractivity contribution in [1.82, 2.24) is 31.0 Å². The highest BCUT2D eigenvalue weighted by atomic mass is 32.2. The Morgan fingerprint density at radius 2 is 1.66 bits per heavy atom. The summed E-state index contributed by atoms with van der Waals surface area (Å²) < 4.78 is 14.7. The van der Waals surface area contributed by atoms with Gasteiger partial charge in [-0.2, -0.15) is 0 Å². The molecule has 1 aliphatic rings. The maximum absolute atomic E-state index is 12.4. The molecule has 0 radical (unpaired) electrons. The number of aryl methyl sites for hydroxylation is 1. The number of hydrogen-bond acceptors (Lipinski definition) is 10. The van der Waals surface area contributed by atoms with Crippen LogP contribution in [0.15, 0.2) is 78.0 Å². The van der Waals surface area contributed by atoms with Crippen LogP contribution in [-0.2, 0) is 39.3 Å². The number of thioether (sulfide) groups is 1. The predicted molar refractivity (Wildman–Crippen MR) is 175 cm³/mol. The van der Waals surface area contributed by atoms with Gasteiger partial charge in [-0.25, -0.2) is 10.2 Å². The second-order valence-electron chi connectivity index (χ2n) is 11.4. The molecule has 3 unspecified atom stereocenters. The summed E-state index contributed by atoms with van der Waals surface area (Å²) in [5.74, 6) is 0.191. The van der Waals surface area contributed by atoms with E-state index in [9.17, 15) is 14.7 Å². The number of nitrogens with one attached hydrogen (secondary N) is 2. The minimum atomic E-state index is -0.602. The zero-order valence-electron chi connectivity index (χ0n) is 26.2. The van der Waals surface area contributed by atoms with Crippen molar-refractivity contribution in [3.8, 4) is 11.1 Å². The number of tetrazole rings is 1. The van der Waals surface area contributed by atoms with Crippen molar-refractivity contribution in [3.63, 3.8) is 0 Å². The standard InChI is InChI=1S/C34H40N6O6S/c1-40-34(36-38-39-40)47-22-29-19-30(25-15-13-23(21-41)14-16-25)46-33(45-29)28-10-6-9-27(18-28)26-8-5-7-24(17-26)20-35-31(42)11-3-2-4-12-32(43)37-44/h5-10,13-18,29-30,33,41,44H,2-4,11-12,19-22H2,1H3,(H,35,42)(H,37,43). The van der Waals surface area contributed by atoms with Crippen molar-refractivity contribution in [2.75, 3.05) is 5.75 Å². The van der Waals surface area contributed by atoms with Crippen LogP contribution in [0.4, 0.5) is 0 Å². The molecule has 0 aliphatic carbocycles. The Morgan fingerprint density at radius 3 is 2.38 bits per heavy atom. The zero-order valence-corrected chi connectivity index (χ0v) is 27.1. The molecule has 3 atom stereocenters. The number of unbranched alkanes of at least 4 members (excludes halogenated alkanes) is 2. The lowest BCUT2D eigenvalue weighted by Crippen LogP contribution is -2.31. The number of aliphatic hydroxyl groups is 1. The van der Waals surface area contributed by atoms with E-state index in [-0.39, 0.29) is 31.1 Å². The van der Waals surface area contributed by atoms with Crippen LogP contribution in [-0.4, -0.2) is 54.2 Å². The highest BCUT2D eigenvalue weighted by molar-refractivity contribution is 7.99. The average Bonchev–Trinajstić information content (AvgIpc) is 3.53. The van der Waals surface area contributed by atoms with Crippen LogP contribution in [0.3, 0.4) is 0 Å². The highest BCUT2D eigenvalue weighted by Crippen LogP contribution is 2.40. The van der Waals surface area contributed by atoms with E-state index in [4.69, 9.17) is 14.7 Å². The van der Waals surface area contributed by atoms with Crippen molar-refractivity contribution < 1.29 is 29.4 Å². The van der Waals surface area contributed by atoms with Gasteiger partial charge in [-0.15, -0.1) is 5.10 Å². The monoisotopic (exact) mass is 660 g/mol. The molecule has 1 aromatic heterocycles. The molecule has 4 aromatic rings. The smallest absolute Gasteiger partial charge is 0.243 e. The van der Waals surface area contributed by atoms with E-state index < -0.39 is 12.2 Å². The normalized spacial score (nSPS) is 17.7. The summed E-state index contributed by atoms with van der Waals surface area (Å²) in [4.78, 5) is 23.5. The number of carbonyl (C=O) groups excluding carboxylic acids is 2. The third-order valence-electron chi connectivity index (χ3n) is 7.94. The highest BCUT2D eigenvalue weighted by Gasteiger charge is 2.32. The Kier molecular flexibility index (Phi) is 12.5. The quantitative estimate of drug-likeness (QED) is 0.0605. The van der Waals surface area contributed by atoms with Gasteiger partial charge in [0.25, 0.3) is 0 Å². The summed E-state index contributed by atoms with van der Waals surface area (Å²) in [6.07, 6.45) is 2.37. The van der Waals surface area contributed by atoms with E-state index in [0.29, 0.717) is 43.1 Å². The molecule has 2 heterocycles. The fourth-order valence-corrected chi connectivity index (χ4v) is 6.22. The Hall–Kier alpha value is -4.14. The molecule has 1 saturated heterocycles. The van der Waals surface area contributed by atoms with Crippen LogP contribution in [0.25, 0.3) is 11.1 Å². The Balaban J connectivity index is 1.24. The lowest BCUT2D eigenvalue weighted by Gasteiger charge is -2.36. The number of hydrogen-bond donors (Lipinski definition) is 4. The molecule has 248 valence electrons. The molecule has 0 saturated carbocycles. The first-order valence-corrected chi connectivity index (χ1v) is 16.6. The number of rotatable bonds is 15. The number of aromatic nitrogens is 4. The molecule has 1 fully saturated rings. The molecule has 47 heavy (non-hydrogen) atoms. The van der Waals surface area contributed by atoms with Gasteiger partial charge in [-0.3, -0.25) is 14.8 Å². The summed E-state index contributed by atoms with van der Waals surface area (Å²) in [6, 6.07) is 24.0. The van der Waals surface area contributed by atoms with Crippen molar-refractivity contribution in [1.29, 1.82) is 0 Å². The van der Waals surface area contributed by atoms with Crippen LogP contribution in [0.1, 0.15) is 73.2 Å². The second-order valence-corrected chi connectivity index (χ2v) is 12.4. The summed E-state index contributed by atoms with van der Waals surface area (Å²) in [5.41, 5.74) is 7.36. The first-order valence-electron chi connectivity index (χ1n) is 15.7. The van der Waals surface area contributed by atoms with Gasteiger partial charge in [-0.1, -0.05) is 78.8 Å². The van der Waals surface area contributed by atoms with Gasteiger partial charge >= 0.3 is 0 Å². The van der Waals surface area contributed by atoms with E-state index in [0.717, 1.165) is 39.8 Å². The number of aliphatic hydroxyl groups excluding tert-OH is 1. The minimum absolute atomic E-state index is 0.0159. The number of benzene rings is 3. The molecule has 1 aliphatic heterocycles. The molecule has 5 rings (SSSR count).